The first-order valence-corrected chi connectivity index (χ1v) is 6.61. The molecule has 1 aromatic carbocycles. The summed E-state index contributed by atoms with van der Waals surface area (Å²) in [7, 11) is 1.67. The predicted octanol–water partition coefficient (Wildman–Crippen LogP) is 0.704. The van der Waals surface area contributed by atoms with Gasteiger partial charge in [-0.05, 0) is 29.6 Å². The van der Waals surface area contributed by atoms with Crippen molar-refractivity contribution in [1.82, 2.24) is 5.32 Å². The lowest BCUT2D eigenvalue weighted by molar-refractivity contribution is -0.00000359. The van der Waals surface area contributed by atoms with Gasteiger partial charge in [-0.15, -0.1) is 11.3 Å². The Morgan fingerprint density at radius 3 is 2.78 bits per heavy atom. The van der Waals surface area contributed by atoms with Crippen LogP contribution in [0.15, 0.2) is 35.7 Å². The van der Waals surface area contributed by atoms with Crippen LogP contribution in [0.2, 0.25) is 5.02 Å². The molecule has 1 aromatic heterocycles. The van der Waals surface area contributed by atoms with Gasteiger partial charge in [0.05, 0.1) is 7.11 Å². The molecule has 1 N–H and O–H groups in total. The largest absolute Gasteiger partial charge is 1.00 e. The summed E-state index contributed by atoms with van der Waals surface area (Å²) in [5.74, 6) is 0.869. The van der Waals surface area contributed by atoms with Crippen LogP contribution in [0.3, 0.4) is 0 Å². The molecule has 0 spiro atoms. The van der Waals surface area contributed by atoms with Crippen LogP contribution < -0.4 is 22.5 Å². The minimum atomic E-state index is 0. The first kappa shape index (κ1) is 15.3. The van der Waals surface area contributed by atoms with Crippen LogP contribution in [0.1, 0.15) is 10.4 Å². The molecule has 0 saturated carbocycles. The molecule has 0 fully saturated rings. The van der Waals surface area contributed by atoms with E-state index in [1.165, 1.54) is 4.88 Å². The zero-order valence-electron chi connectivity index (χ0n) is 9.95. The first-order valence-electron chi connectivity index (χ1n) is 5.35. The highest BCUT2D eigenvalue weighted by molar-refractivity contribution is 7.09. The van der Waals surface area contributed by atoms with Gasteiger partial charge in [0.1, 0.15) is 5.75 Å². The number of methoxy groups -OCH3 is 1. The van der Waals surface area contributed by atoms with Gasteiger partial charge in [-0.1, -0.05) is 17.7 Å². The molecule has 2 aromatic rings. The third kappa shape index (κ3) is 4.18. The Hall–Kier alpha value is -0.740. The Balaban J connectivity index is 0.00000162. The third-order valence-electron chi connectivity index (χ3n) is 2.44. The van der Waals surface area contributed by atoms with Gasteiger partial charge in [0.2, 0.25) is 0 Å². The van der Waals surface area contributed by atoms with Gasteiger partial charge < -0.3 is 22.5 Å². The number of nitrogens with one attached hydrogen (secondary N) is 1. The molecular formula is C13H14Cl2NOS-. The van der Waals surface area contributed by atoms with E-state index in [-0.39, 0.29) is 12.4 Å². The number of thiophene rings is 1. The smallest absolute Gasteiger partial charge is 0.123 e. The van der Waals surface area contributed by atoms with Crippen molar-refractivity contribution < 1.29 is 17.1 Å². The van der Waals surface area contributed by atoms with E-state index < -0.39 is 0 Å². The number of rotatable bonds is 5. The summed E-state index contributed by atoms with van der Waals surface area (Å²) in [6, 6.07) is 9.84. The van der Waals surface area contributed by atoms with E-state index in [0.29, 0.717) is 0 Å². The van der Waals surface area contributed by atoms with Crippen molar-refractivity contribution in [2.75, 3.05) is 7.11 Å². The highest BCUT2D eigenvalue weighted by Crippen LogP contribution is 2.22. The molecular weight excluding hydrogens is 289 g/mol. The maximum atomic E-state index is 5.97. The Kier molecular flexibility index (Phi) is 6.50. The van der Waals surface area contributed by atoms with E-state index in [1.807, 2.05) is 18.2 Å². The van der Waals surface area contributed by atoms with Gasteiger partial charge in [-0.3, -0.25) is 0 Å². The van der Waals surface area contributed by atoms with Gasteiger partial charge in [-0.25, -0.2) is 0 Å². The van der Waals surface area contributed by atoms with Crippen LogP contribution in [0.25, 0.3) is 0 Å². The summed E-state index contributed by atoms with van der Waals surface area (Å²) in [4.78, 5) is 1.32. The molecule has 0 aliphatic heterocycles. The van der Waals surface area contributed by atoms with E-state index in [0.717, 1.165) is 29.4 Å². The van der Waals surface area contributed by atoms with Crippen molar-refractivity contribution in [2.45, 2.75) is 13.1 Å². The Labute approximate surface area is 122 Å². The van der Waals surface area contributed by atoms with Gasteiger partial charge >= 0.3 is 0 Å². The van der Waals surface area contributed by atoms with Crippen LogP contribution in [0, 0.1) is 0 Å². The maximum Gasteiger partial charge on any atom is 0.123 e. The van der Waals surface area contributed by atoms with Gasteiger partial charge in [0.15, 0.2) is 0 Å². The predicted molar refractivity (Wildman–Crippen MR) is 72.9 cm³/mol. The summed E-state index contributed by atoms with van der Waals surface area (Å²) in [5.41, 5.74) is 1.08. The van der Waals surface area contributed by atoms with E-state index in [4.69, 9.17) is 16.3 Å². The molecule has 0 atom stereocenters. The summed E-state index contributed by atoms with van der Waals surface area (Å²) in [5, 5.41) is 6.19. The topological polar surface area (TPSA) is 21.3 Å². The molecule has 0 saturated heterocycles. The fraction of sp³-hybridized carbons (Fsp3) is 0.231. The minimum Gasteiger partial charge on any atom is -1.00 e. The van der Waals surface area contributed by atoms with E-state index in [9.17, 15) is 0 Å². The standard InChI is InChI=1S/C13H14ClNOS.ClH/c1-16-13-5-4-11(14)7-10(13)8-15-9-12-3-2-6-17-12;/h2-7,15H,8-9H2,1H3;1H/p-1. The van der Waals surface area contributed by atoms with Crippen LogP contribution in [0.4, 0.5) is 0 Å². The highest BCUT2D eigenvalue weighted by atomic mass is 35.5. The van der Waals surface area contributed by atoms with Gasteiger partial charge in [0, 0.05) is 28.6 Å². The Morgan fingerprint density at radius 1 is 1.28 bits per heavy atom. The summed E-state index contributed by atoms with van der Waals surface area (Å²) >= 11 is 7.72. The molecule has 0 radical (unpaired) electrons. The quantitative estimate of drug-likeness (QED) is 0.878. The van der Waals surface area contributed by atoms with Crippen molar-refractivity contribution in [2.24, 2.45) is 0 Å². The summed E-state index contributed by atoms with van der Waals surface area (Å²) in [6.45, 7) is 1.62. The lowest BCUT2D eigenvalue weighted by Gasteiger charge is -2.09. The Bertz CT molecular complexity index is 474. The molecule has 18 heavy (non-hydrogen) atoms. The minimum absolute atomic E-state index is 0. The van der Waals surface area contributed by atoms with Crippen molar-refractivity contribution in [1.29, 1.82) is 0 Å². The molecule has 0 amide bonds. The maximum absolute atomic E-state index is 5.97. The second kappa shape index (κ2) is 7.64. The second-order valence-electron chi connectivity index (χ2n) is 3.64. The zero-order valence-corrected chi connectivity index (χ0v) is 12.3. The summed E-state index contributed by atoms with van der Waals surface area (Å²) in [6.07, 6.45) is 0. The number of hydrogen-bond acceptors (Lipinski definition) is 3. The molecule has 5 heteroatoms. The van der Waals surface area contributed by atoms with E-state index >= 15 is 0 Å². The third-order valence-corrected chi connectivity index (χ3v) is 3.55. The molecule has 0 unspecified atom stereocenters. The fourth-order valence-electron chi connectivity index (χ4n) is 1.62. The number of halogens is 2. The monoisotopic (exact) mass is 302 g/mol. The lowest BCUT2D eigenvalue weighted by Crippen LogP contribution is -3.00. The zero-order chi connectivity index (χ0) is 12.1. The van der Waals surface area contributed by atoms with Gasteiger partial charge in [-0.2, -0.15) is 0 Å². The molecule has 98 valence electrons. The summed E-state index contributed by atoms with van der Waals surface area (Å²) < 4.78 is 5.29. The lowest BCUT2D eigenvalue weighted by atomic mass is 10.2. The molecule has 1 heterocycles. The Morgan fingerprint density at radius 2 is 2.11 bits per heavy atom. The van der Waals surface area contributed by atoms with Gasteiger partial charge in [0.25, 0.3) is 0 Å². The molecule has 0 aliphatic carbocycles. The normalized spacial score (nSPS) is 9.89. The van der Waals surface area contributed by atoms with Crippen LogP contribution in [-0.2, 0) is 13.1 Å². The fourth-order valence-corrected chi connectivity index (χ4v) is 2.49. The number of ether oxygens (including phenoxy) is 1. The molecule has 2 nitrogen and oxygen atoms in total. The number of hydrogen-bond donors (Lipinski definition) is 1. The molecule has 2 rings (SSSR count). The second-order valence-corrected chi connectivity index (χ2v) is 5.11. The van der Waals surface area contributed by atoms with Crippen molar-refractivity contribution in [3.05, 3.63) is 51.2 Å². The average Bonchev–Trinajstić information content (AvgIpc) is 2.82. The molecule has 0 aliphatic rings. The van der Waals surface area contributed by atoms with Crippen molar-refractivity contribution >= 4 is 22.9 Å². The van der Waals surface area contributed by atoms with E-state index in [1.54, 1.807) is 18.4 Å². The average molecular weight is 303 g/mol. The van der Waals surface area contributed by atoms with Crippen LogP contribution in [0.5, 0.6) is 5.75 Å². The highest BCUT2D eigenvalue weighted by Gasteiger charge is 2.03. The SMILES string of the molecule is COc1ccc(Cl)cc1CNCc1cccs1.[Cl-]. The van der Waals surface area contributed by atoms with Crippen molar-refractivity contribution in [3.8, 4) is 5.75 Å². The molecule has 0 bridgehead atoms. The van der Waals surface area contributed by atoms with Crippen LogP contribution in [-0.4, -0.2) is 7.11 Å². The van der Waals surface area contributed by atoms with Crippen molar-refractivity contribution in [3.63, 3.8) is 0 Å². The first-order chi connectivity index (χ1) is 8.29. The van der Waals surface area contributed by atoms with E-state index in [2.05, 4.69) is 22.8 Å². The van der Waals surface area contributed by atoms with Crippen LogP contribution >= 0.6 is 22.9 Å². The number of benzene rings is 1.